The van der Waals surface area contributed by atoms with E-state index in [0.29, 0.717) is 0 Å². The molecule has 0 saturated heterocycles. The molecule has 4 heterocycles. The first kappa shape index (κ1) is 51.4. The van der Waals surface area contributed by atoms with E-state index >= 15 is 0 Å². The molecule has 2 aliphatic carbocycles. The monoisotopic (exact) mass is 1270 g/mol. The predicted molar refractivity (Wildman–Crippen MR) is 352 cm³/mol. The Balaban J connectivity index is 0.000000413. The third-order valence-corrected chi connectivity index (χ3v) is 18.1. The van der Waals surface area contributed by atoms with Gasteiger partial charge in [0.15, 0.2) is 0 Å². The van der Waals surface area contributed by atoms with E-state index in [4.69, 9.17) is 4.98 Å². The molecule has 0 saturated carbocycles. The van der Waals surface area contributed by atoms with Crippen molar-refractivity contribution in [1.82, 2.24) is 19.1 Å². The third kappa shape index (κ3) is 8.15. The van der Waals surface area contributed by atoms with Gasteiger partial charge in [0.1, 0.15) is 0 Å². The molecule has 18 rings (SSSR count). The molecule has 0 atom stereocenters. The van der Waals surface area contributed by atoms with Gasteiger partial charge in [-0.15, -0.1) is 70.8 Å². The Morgan fingerprint density at radius 3 is 1.19 bits per heavy atom. The van der Waals surface area contributed by atoms with Gasteiger partial charge in [0.05, 0.1) is 33.4 Å². The van der Waals surface area contributed by atoms with E-state index < -0.39 is 0 Å². The number of rotatable bonds is 6. The smallest absolute Gasteiger partial charge is 0.0541 e. The number of fused-ring (bicyclic) bond motifs is 14. The molecule has 4 nitrogen and oxygen atoms in total. The maximum absolute atomic E-state index is 4.75. The van der Waals surface area contributed by atoms with Gasteiger partial charge < -0.3 is 19.1 Å². The fraction of sp³-hybridized carbons (Fsp3) is 0.0370. The Hall–Kier alpha value is -10.3. The van der Waals surface area contributed by atoms with Gasteiger partial charge in [0.2, 0.25) is 0 Å². The molecule has 0 fully saturated rings. The summed E-state index contributed by atoms with van der Waals surface area (Å²) in [6.07, 6.45) is 5.46. The summed E-state index contributed by atoms with van der Waals surface area (Å²) >= 11 is 0. The van der Waals surface area contributed by atoms with Crippen molar-refractivity contribution in [2.75, 3.05) is 0 Å². The fourth-order valence-electron chi connectivity index (χ4n) is 14.4. The summed E-state index contributed by atoms with van der Waals surface area (Å²) in [5.74, 6) is 0. The molecule has 1 radical (unpaired) electrons. The first-order chi connectivity index (χ1) is 42.1. The van der Waals surface area contributed by atoms with Crippen LogP contribution in [0.25, 0.3) is 132 Å². The number of pyridine rings is 2. The molecule has 2 aliphatic rings. The normalized spacial score (nSPS) is 12.8. The van der Waals surface area contributed by atoms with Crippen molar-refractivity contribution >= 4 is 65.2 Å². The van der Waals surface area contributed by atoms with Crippen LogP contribution in [0.4, 0.5) is 0 Å². The first-order valence-electron chi connectivity index (χ1n) is 29.3. The van der Waals surface area contributed by atoms with Crippen molar-refractivity contribution in [2.45, 2.75) is 18.3 Å². The molecule has 0 bridgehead atoms. The largest absolute Gasteiger partial charge is 0.309 e. The summed E-state index contributed by atoms with van der Waals surface area (Å²) < 4.78 is 4.91. The zero-order valence-corrected chi connectivity index (χ0v) is 49.1. The number of benzene rings is 12. The summed E-state index contributed by atoms with van der Waals surface area (Å²) in [7, 11) is 0. The van der Waals surface area contributed by atoms with E-state index in [1.54, 1.807) is 6.20 Å². The minimum absolute atomic E-state index is 0. The van der Waals surface area contributed by atoms with Crippen LogP contribution in [-0.2, 0) is 38.4 Å². The first-order valence-corrected chi connectivity index (χ1v) is 29.3. The van der Waals surface area contributed by atoms with Gasteiger partial charge in [-0.1, -0.05) is 182 Å². The Bertz CT molecular complexity index is 4920. The van der Waals surface area contributed by atoms with Crippen LogP contribution in [0.15, 0.2) is 291 Å². The van der Waals surface area contributed by atoms with Gasteiger partial charge in [0.25, 0.3) is 0 Å². The number of para-hydroxylation sites is 4. The van der Waals surface area contributed by atoms with Gasteiger partial charge in [-0.05, 0) is 140 Å². The average molecular weight is 1270 g/mol. The summed E-state index contributed by atoms with van der Waals surface area (Å²) in [6.45, 7) is 0. The zero-order chi connectivity index (χ0) is 56.0. The van der Waals surface area contributed by atoms with E-state index in [-0.39, 0.29) is 25.5 Å². The number of hydrogen-bond donors (Lipinski definition) is 0. The quantitative estimate of drug-likeness (QED) is 0.156. The van der Waals surface area contributed by atoms with Gasteiger partial charge in [0, 0.05) is 70.2 Å². The van der Waals surface area contributed by atoms with E-state index in [1.807, 2.05) is 54.7 Å². The van der Waals surface area contributed by atoms with Gasteiger partial charge in [-0.25, -0.2) is 0 Å². The molecule has 0 unspecified atom stereocenters. The van der Waals surface area contributed by atoms with Crippen molar-refractivity contribution in [3.63, 3.8) is 0 Å². The molecule has 0 N–H and O–H groups in total. The fourth-order valence-corrected chi connectivity index (χ4v) is 14.4. The van der Waals surface area contributed by atoms with Crippen LogP contribution in [0.3, 0.4) is 0 Å². The van der Waals surface area contributed by atoms with Crippen LogP contribution in [-0.4, -0.2) is 19.1 Å². The summed E-state index contributed by atoms with van der Waals surface area (Å²) in [5.41, 5.74) is 24.1. The molecule has 0 amide bonds. The van der Waals surface area contributed by atoms with Crippen molar-refractivity contribution in [2.24, 2.45) is 0 Å². The maximum Gasteiger partial charge on any atom is 0.0541 e. The Labute approximate surface area is 512 Å². The van der Waals surface area contributed by atoms with Crippen molar-refractivity contribution in [3.8, 4) is 67.3 Å². The second kappa shape index (κ2) is 20.8. The summed E-state index contributed by atoms with van der Waals surface area (Å²) in [4.78, 5) is 8.96. The second-order valence-corrected chi connectivity index (χ2v) is 22.7. The van der Waals surface area contributed by atoms with Gasteiger partial charge in [-0.2, -0.15) is 0 Å². The van der Waals surface area contributed by atoms with Crippen LogP contribution in [0.5, 0.6) is 0 Å². The minimum Gasteiger partial charge on any atom is -0.309 e. The standard InChI is InChI=1S/C70H44N3.C11H8N.Ir/c1-3-17-55-51(15-1)49(34-36-68(55)72-64-24-9-5-19-57(64)58-20-6-10-25-65(58)72)44-30-32-53-54-33-31-45(41-62(54)70(61(53)40-44)42-47-29-28-46(39-48(47)43-70)63-23-13-14-38-71-63)50-35-37-69(56-18-4-2-16-52(50)56)73-66-26-11-7-21-59(66)60-22-8-12-27-67(60)73;1-2-6-10(7-3-1)11-8-4-5-9-12-11;/h1-27,29-41H,42-43H2;1-6,8-9H;/q2*-1;. The molecular formula is C81H52IrN4-2. The van der Waals surface area contributed by atoms with Crippen molar-refractivity contribution in [1.29, 1.82) is 0 Å². The summed E-state index contributed by atoms with van der Waals surface area (Å²) in [5, 5.41) is 10.0. The van der Waals surface area contributed by atoms with E-state index in [9.17, 15) is 0 Å². The van der Waals surface area contributed by atoms with Crippen LogP contribution in [0.2, 0.25) is 0 Å². The number of nitrogens with zero attached hydrogens (tertiary/aromatic N) is 4. The number of aromatic nitrogens is 4. The maximum atomic E-state index is 4.75. The van der Waals surface area contributed by atoms with Crippen LogP contribution in [0, 0.1) is 12.1 Å². The predicted octanol–water partition coefficient (Wildman–Crippen LogP) is 20.0. The molecule has 86 heavy (non-hydrogen) atoms. The molecule has 407 valence electrons. The molecule has 1 spiro atoms. The molecule has 12 aromatic carbocycles. The summed E-state index contributed by atoms with van der Waals surface area (Å²) in [6, 6.07) is 108. The van der Waals surface area contributed by atoms with Crippen molar-refractivity contribution in [3.05, 3.63) is 326 Å². The van der Waals surface area contributed by atoms with E-state index in [0.717, 1.165) is 35.4 Å². The Morgan fingerprint density at radius 1 is 0.326 bits per heavy atom. The van der Waals surface area contributed by atoms with Crippen LogP contribution in [0.1, 0.15) is 22.3 Å². The Morgan fingerprint density at radius 2 is 0.733 bits per heavy atom. The van der Waals surface area contributed by atoms with Gasteiger partial charge >= 0.3 is 0 Å². The molecular weight excluding hydrogens is 1220 g/mol. The molecule has 5 heteroatoms. The zero-order valence-electron chi connectivity index (χ0n) is 46.7. The average Bonchev–Trinajstić information content (AvgIpc) is 2.07. The Kier molecular flexibility index (Phi) is 12.4. The van der Waals surface area contributed by atoms with Crippen molar-refractivity contribution < 1.29 is 20.1 Å². The van der Waals surface area contributed by atoms with Crippen LogP contribution < -0.4 is 0 Å². The minimum atomic E-state index is -0.285. The third-order valence-electron chi connectivity index (χ3n) is 18.1. The van der Waals surface area contributed by atoms with E-state index in [1.165, 1.54) is 132 Å². The topological polar surface area (TPSA) is 35.6 Å². The van der Waals surface area contributed by atoms with Crippen LogP contribution >= 0.6 is 0 Å². The van der Waals surface area contributed by atoms with Gasteiger partial charge in [-0.3, -0.25) is 0 Å². The molecule has 4 aromatic heterocycles. The molecule has 16 aromatic rings. The SMILES string of the molecule is [Ir].[c-]1cc2c(cc1-c1ccccn1)CC1(C2)c2cc(-c3ccc(-n4c5ccccc5c5ccccc54)c4ccccc34)ccc2-c2ccc(-c3ccc(-n4c5ccccc5c5ccccc54)c4ccccc34)cc21.[c-]1ccccc1-c1ccccn1. The van der Waals surface area contributed by atoms with E-state index in [2.05, 4.69) is 257 Å². The molecule has 0 aliphatic heterocycles. The number of hydrogen-bond acceptors (Lipinski definition) is 2. The second-order valence-electron chi connectivity index (χ2n) is 22.7.